The first-order valence-corrected chi connectivity index (χ1v) is 6.90. The van der Waals surface area contributed by atoms with Crippen molar-refractivity contribution in [1.29, 1.82) is 0 Å². The molecule has 6 heteroatoms. The van der Waals surface area contributed by atoms with Gasteiger partial charge in [0.05, 0.1) is 11.6 Å². The van der Waals surface area contributed by atoms with E-state index in [1.165, 1.54) is 12.1 Å². The molecule has 0 radical (unpaired) electrons. The molecule has 1 unspecified atom stereocenters. The van der Waals surface area contributed by atoms with Crippen LogP contribution in [0.1, 0.15) is 37.3 Å². The third-order valence-corrected chi connectivity index (χ3v) is 3.71. The van der Waals surface area contributed by atoms with Crippen LogP contribution in [0.5, 0.6) is 0 Å². The van der Waals surface area contributed by atoms with E-state index < -0.39 is 11.7 Å². The van der Waals surface area contributed by atoms with Gasteiger partial charge in [-0.25, -0.2) is 4.99 Å². The fraction of sp³-hybridized carbons (Fsp3) is 0.533. The molecule has 1 aliphatic rings. The summed E-state index contributed by atoms with van der Waals surface area (Å²) in [6.07, 6.45) is -3.70. The first kappa shape index (κ1) is 15.7. The minimum atomic E-state index is -4.32. The first-order chi connectivity index (χ1) is 9.77. The molecule has 1 aromatic carbocycles. The molecule has 2 rings (SSSR count). The topological polar surface area (TPSA) is 47.6 Å². The minimum absolute atomic E-state index is 0.0180. The van der Waals surface area contributed by atoms with Gasteiger partial charge in [0.2, 0.25) is 0 Å². The SMILES string of the molecule is CC(C)C(C[C@H]1COC(N)=N1)c1cccc(C(F)(F)F)c1. The number of aliphatic imine (C=N–C) groups is 1. The first-order valence-electron chi connectivity index (χ1n) is 6.90. The molecule has 0 saturated heterocycles. The lowest BCUT2D eigenvalue weighted by Gasteiger charge is -2.23. The highest BCUT2D eigenvalue weighted by molar-refractivity contribution is 5.73. The van der Waals surface area contributed by atoms with Crippen LogP contribution in [0.2, 0.25) is 0 Å². The van der Waals surface area contributed by atoms with Crippen LogP contribution in [0.25, 0.3) is 0 Å². The molecule has 0 bridgehead atoms. The van der Waals surface area contributed by atoms with Gasteiger partial charge in [0.25, 0.3) is 6.02 Å². The molecule has 0 amide bonds. The van der Waals surface area contributed by atoms with E-state index >= 15 is 0 Å². The number of nitrogens with zero attached hydrogens (tertiary/aromatic N) is 1. The predicted molar refractivity (Wildman–Crippen MR) is 75.0 cm³/mol. The van der Waals surface area contributed by atoms with Gasteiger partial charge >= 0.3 is 6.18 Å². The minimum Gasteiger partial charge on any atom is -0.463 e. The summed E-state index contributed by atoms with van der Waals surface area (Å²) in [6, 6.07) is 5.58. The quantitative estimate of drug-likeness (QED) is 0.924. The van der Waals surface area contributed by atoms with E-state index in [0.29, 0.717) is 18.6 Å². The van der Waals surface area contributed by atoms with Crippen LogP contribution in [0.15, 0.2) is 29.3 Å². The normalized spacial score (nSPS) is 20.3. The summed E-state index contributed by atoms with van der Waals surface area (Å²) in [5.74, 6) is 0.182. The Morgan fingerprint density at radius 2 is 2.10 bits per heavy atom. The van der Waals surface area contributed by atoms with Crippen LogP contribution in [0, 0.1) is 5.92 Å². The highest BCUT2D eigenvalue weighted by Crippen LogP contribution is 2.35. The second-order valence-electron chi connectivity index (χ2n) is 5.64. The molecule has 1 aliphatic heterocycles. The van der Waals surface area contributed by atoms with E-state index in [4.69, 9.17) is 10.5 Å². The average molecular weight is 300 g/mol. The second kappa shape index (κ2) is 5.95. The summed E-state index contributed by atoms with van der Waals surface area (Å²) in [6.45, 7) is 4.38. The molecule has 0 fully saturated rings. The van der Waals surface area contributed by atoms with Crippen molar-refractivity contribution < 1.29 is 17.9 Å². The predicted octanol–water partition coefficient (Wildman–Crippen LogP) is 3.55. The summed E-state index contributed by atoms with van der Waals surface area (Å²) >= 11 is 0. The van der Waals surface area contributed by atoms with Crippen molar-refractivity contribution in [2.24, 2.45) is 16.6 Å². The van der Waals surface area contributed by atoms with E-state index in [1.807, 2.05) is 13.8 Å². The van der Waals surface area contributed by atoms with Gasteiger partial charge in [-0.15, -0.1) is 0 Å². The fourth-order valence-electron chi connectivity index (χ4n) is 2.59. The standard InChI is InChI=1S/C15H19F3N2O/c1-9(2)13(7-12-8-21-14(19)20-12)10-4-3-5-11(6-10)15(16,17)18/h3-6,9,12-13H,7-8H2,1-2H3,(H2,19,20)/t12-,13?/m0/s1. The average Bonchev–Trinajstić information content (AvgIpc) is 2.80. The van der Waals surface area contributed by atoms with E-state index in [1.54, 1.807) is 6.07 Å². The number of rotatable bonds is 4. The Morgan fingerprint density at radius 3 is 2.62 bits per heavy atom. The molecule has 2 N–H and O–H groups in total. The zero-order valence-corrected chi connectivity index (χ0v) is 12.0. The van der Waals surface area contributed by atoms with Crippen molar-refractivity contribution in [3.05, 3.63) is 35.4 Å². The van der Waals surface area contributed by atoms with Crippen LogP contribution in [-0.2, 0) is 10.9 Å². The molecule has 1 heterocycles. The van der Waals surface area contributed by atoms with Crippen LogP contribution in [0.4, 0.5) is 13.2 Å². The number of hydrogen-bond acceptors (Lipinski definition) is 3. The van der Waals surface area contributed by atoms with Crippen molar-refractivity contribution in [3.63, 3.8) is 0 Å². The Kier molecular flexibility index (Phi) is 4.44. The second-order valence-corrected chi connectivity index (χ2v) is 5.64. The number of hydrogen-bond donors (Lipinski definition) is 1. The van der Waals surface area contributed by atoms with Gasteiger partial charge in [-0.2, -0.15) is 13.2 Å². The Labute approximate surface area is 122 Å². The third kappa shape index (κ3) is 3.89. The van der Waals surface area contributed by atoms with Crippen LogP contribution < -0.4 is 5.73 Å². The molecule has 0 aromatic heterocycles. The molecular formula is C15H19F3N2O. The maximum atomic E-state index is 12.8. The molecular weight excluding hydrogens is 281 g/mol. The molecule has 2 atom stereocenters. The molecule has 21 heavy (non-hydrogen) atoms. The van der Waals surface area contributed by atoms with E-state index in [0.717, 1.165) is 6.07 Å². The summed E-state index contributed by atoms with van der Waals surface area (Å²) in [5, 5.41) is 0. The van der Waals surface area contributed by atoms with Crippen molar-refractivity contribution >= 4 is 6.02 Å². The lowest BCUT2D eigenvalue weighted by atomic mass is 9.83. The number of amidine groups is 1. The molecule has 1 aromatic rings. The van der Waals surface area contributed by atoms with Crippen LogP contribution >= 0.6 is 0 Å². The number of ether oxygens (including phenoxy) is 1. The van der Waals surface area contributed by atoms with Gasteiger partial charge in [-0.1, -0.05) is 32.0 Å². The van der Waals surface area contributed by atoms with Gasteiger partial charge < -0.3 is 10.5 Å². The smallest absolute Gasteiger partial charge is 0.416 e. The number of nitrogens with two attached hydrogens (primary N) is 1. The third-order valence-electron chi connectivity index (χ3n) is 3.71. The molecule has 0 saturated carbocycles. The fourth-order valence-corrected chi connectivity index (χ4v) is 2.59. The Hall–Kier alpha value is -1.72. The van der Waals surface area contributed by atoms with Crippen molar-refractivity contribution in [2.75, 3.05) is 6.61 Å². The number of halogens is 3. The maximum absolute atomic E-state index is 12.8. The van der Waals surface area contributed by atoms with Crippen molar-refractivity contribution in [1.82, 2.24) is 0 Å². The summed E-state index contributed by atoms with van der Waals surface area (Å²) < 4.78 is 43.6. The number of benzene rings is 1. The van der Waals surface area contributed by atoms with Crippen LogP contribution in [-0.4, -0.2) is 18.7 Å². The maximum Gasteiger partial charge on any atom is 0.416 e. The highest BCUT2D eigenvalue weighted by atomic mass is 19.4. The molecule has 3 nitrogen and oxygen atoms in total. The van der Waals surface area contributed by atoms with Crippen molar-refractivity contribution in [2.45, 2.75) is 38.4 Å². The van der Waals surface area contributed by atoms with E-state index in [2.05, 4.69) is 4.99 Å². The summed E-state index contributed by atoms with van der Waals surface area (Å²) in [4.78, 5) is 4.16. The lowest BCUT2D eigenvalue weighted by Crippen LogP contribution is -2.17. The largest absolute Gasteiger partial charge is 0.463 e. The van der Waals surface area contributed by atoms with Gasteiger partial charge in [0, 0.05) is 0 Å². The summed E-state index contributed by atoms with van der Waals surface area (Å²) in [5.41, 5.74) is 5.54. The van der Waals surface area contributed by atoms with Crippen molar-refractivity contribution in [3.8, 4) is 0 Å². The molecule has 0 spiro atoms. The Balaban J connectivity index is 2.22. The van der Waals surface area contributed by atoms with E-state index in [-0.39, 0.29) is 23.9 Å². The monoisotopic (exact) mass is 300 g/mol. The van der Waals surface area contributed by atoms with Gasteiger partial charge in [0.1, 0.15) is 6.61 Å². The lowest BCUT2D eigenvalue weighted by molar-refractivity contribution is -0.137. The highest BCUT2D eigenvalue weighted by Gasteiger charge is 2.32. The van der Waals surface area contributed by atoms with Gasteiger partial charge in [-0.3, -0.25) is 0 Å². The Morgan fingerprint density at radius 1 is 1.38 bits per heavy atom. The Bertz CT molecular complexity index is 526. The number of alkyl halides is 3. The summed E-state index contributed by atoms with van der Waals surface area (Å²) in [7, 11) is 0. The zero-order chi connectivity index (χ0) is 15.6. The molecule has 0 aliphatic carbocycles. The van der Waals surface area contributed by atoms with Crippen LogP contribution in [0.3, 0.4) is 0 Å². The van der Waals surface area contributed by atoms with Gasteiger partial charge in [-0.05, 0) is 29.9 Å². The van der Waals surface area contributed by atoms with Gasteiger partial charge in [0.15, 0.2) is 0 Å². The van der Waals surface area contributed by atoms with E-state index in [9.17, 15) is 13.2 Å². The zero-order valence-electron chi connectivity index (χ0n) is 12.0. The molecule has 116 valence electrons.